The molecule has 2 atom stereocenters. The molecule has 2 saturated carbocycles. The van der Waals surface area contributed by atoms with Crippen LogP contribution in [0, 0.1) is 17.3 Å². The topological polar surface area (TPSA) is 40.5 Å². The molecule has 2 nitrogen and oxygen atoms in total. The average molecular weight is 226 g/mol. The van der Waals surface area contributed by atoms with Crippen molar-refractivity contribution in [1.82, 2.24) is 0 Å². The van der Waals surface area contributed by atoms with Gasteiger partial charge in [-0.3, -0.25) is 0 Å². The zero-order chi connectivity index (χ0) is 11.8. The van der Waals surface area contributed by atoms with E-state index in [1.807, 2.05) is 0 Å². The lowest BCUT2D eigenvalue weighted by atomic mass is 9.58. The Morgan fingerprint density at radius 1 is 1.06 bits per heavy atom. The van der Waals surface area contributed by atoms with Gasteiger partial charge in [0, 0.05) is 5.41 Å². The van der Waals surface area contributed by atoms with Gasteiger partial charge in [-0.1, -0.05) is 26.7 Å². The lowest BCUT2D eigenvalue weighted by molar-refractivity contribution is -0.139. The summed E-state index contributed by atoms with van der Waals surface area (Å²) in [5.74, 6) is 1.28. The van der Waals surface area contributed by atoms with Crippen LogP contribution in [0.3, 0.4) is 0 Å². The van der Waals surface area contributed by atoms with Crippen LogP contribution in [0.15, 0.2) is 0 Å². The number of rotatable bonds is 2. The third kappa shape index (κ3) is 1.91. The van der Waals surface area contributed by atoms with Crippen LogP contribution in [0.25, 0.3) is 0 Å². The Morgan fingerprint density at radius 2 is 1.56 bits per heavy atom. The van der Waals surface area contributed by atoms with Crippen molar-refractivity contribution in [3.63, 3.8) is 0 Å². The number of hydrogen-bond donors (Lipinski definition) is 2. The third-order valence-corrected chi connectivity index (χ3v) is 5.00. The van der Waals surface area contributed by atoms with Crippen LogP contribution in [-0.2, 0) is 0 Å². The molecule has 2 aliphatic carbocycles. The first-order valence-corrected chi connectivity index (χ1v) is 6.85. The SMILES string of the molecule is CC1CC(C)CC(CO)(C2(O)CCCC2)C1. The summed E-state index contributed by atoms with van der Waals surface area (Å²) in [5.41, 5.74) is -0.786. The fraction of sp³-hybridized carbons (Fsp3) is 1.00. The van der Waals surface area contributed by atoms with Gasteiger partial charge in [-0.05, 0) is 43.9 Å². The summed E-state index contributed by atoms with van der Waals surface area (Å²) in [7, 11) is 0. The van der Waals surface area contributed by atoms with Crippen LogP contribution in [0.1, 0.15) is 58.8 Å². The molecule has 0 spiro atoms. The zero-order valence-electron chi connectivity index (χ0n) is 10.7. The molecule has 0 aromatic heterocycles. The van der Waals surface area contributed by atoms with Crippen LogP contribution in [-0.4, -0.2) is 22.4 Å². The number of hydrogen-bond acceptors (Lipinski definition) is 2. The van der Waals surface area contributed by atoms with Crippen molar-refractivity contribution in [1.29, 1.82) is 0 Å². The Labute approximate surface area is 99.1 Å². The van der Waals surface area contributed by atoms with Gasteiger partial charge < -0.3 is 10.2 Å². The van der Waals surface area contributed by atoms with E-state index in [-0.39, 0.29) is 12.0 Å². The van der Waals surface area contributed by atoms with Gasteiger partial charge in [0.05, 0.1) is 12.2 Å². The van der Waals surface area contributed by atoms with Crippen LogP contribution in [0.2, 0.25) is 0 Å². The molecule has 0 bridgehead atoms. The van der Waals surface area contributed by atoms with Crippen molar-refractivity contribution in [2.45, 2.75) is 64.4 Å². The zero-order valence-corrected chi connectivity index (χ0v) is 10.7. The van der Waals surface area contributed by atoms with Gasteiger partial charge in [0.25, 0.3) is 0 Å². The Morgan fingerprint density at radius 3 is 2.00 bits per heavy atom. The molecule has 94 valence electrons. The maximum Gasteiger partial charge on any atom is 0.0725 e. The highest BCUT2D eigenvalue weighted by Gasteiger charge is 2.53. The fourth-order valence-corrected chi connectivity index (χ4v) is 4.42. The van der Waals surface area contributed by atoms with Gasteiger partial charge in [0.1, 0.15) is 0 Å². The minimum atomic E-state index is -0.579. The molecule has 0 aromatic carbocycles. The van der Waals surface area contributed by atoms with Gasteiger partial charge >= 0.3 is 0 Å². The molecule has 2 fully saturated rings. The Kier molecular flexibility index (Phi) is 3.33. The largest absolute Gasteiger partial charge is 0.396 e. The van der Waals surface area contributed by atoms with Gasteiger partial charge in [-0.25, -0.2) is 0 Å². The minimum Gasteiger partial charge on any atom is -0.396 e. The Balaban J connectivity index is 2.23. The van der Waals surface area contributed by atoms with Crippen LogP contribution >= 0.6 is 0 Å². The summed E-state index contributed by atoms with van der Waals surface area (Å²) in [4.78, 5) is 0. The van der Waals surface area contributed by atoms with Crippen molar-refractivity contribution in [2.75, 3.05) is 6.61 Å². The first-order valence-electron chi connectivity index (χ1n) is 6.85. The monoisotopic (exact) mass is 226 g/mol. The van der Waals surface area contributed by atoms with Crippen molar-refractivity contribution in [3.05, 3.63) is 0 Å². The lowest BCUT2D eigenvalue weighted by Crippen LogP contribution is -2.52. The standard InChI is InChI=1S/C14H26O2/c1-11-7-12(2)9-13(8-11,10-15)14(16)5-3-4-6-14/h11-12,15-16H,3-10H2,1-2H3. The van der Waals surface area contributed by atoms with Crippen molar-refractivity contribution < 1.29 is 10.2 Å². The second kappa shape index (κ2) is 4.30. The van der Waals surface area contributed by atoms with Crippen molar-refractivity contribution in [3.8, 4) is 0 Å². The third-order valence-electron chi connectivity index (χ3n) is 5.00. The van der Waals surface area contributed by atoms with Gasteiger partial charge in [0.15, 0.2) is 0 Å². The molecule has 0 amide bonds. The predicted molar refractivity (Wildman–Crippen MR) is 65.1 cm³/mol. The second-order valence-corrected chi connectivity index (χ2v) is 6.53. The summed E-state index contributed by atoms with van der Waals surface area (Å²) in [5, 5.41) is 20.7. The molecule has 0 aliphatic heterocycles. The molecule has 2 heteroatoms. The Hall–Kier alpha value is -0.0800. The maximum atomic E-state index is 10.8. The van der Waals surface area contributed by atoms with Crippen LogP contribution in [0.4, 0.5) is 0 Å². The highest BCUT2D eigenvalue weighted by Crippen LogP contribution is 2.54. The van der Waals surface area contributed by atoms with E-state index < -0.39 is 5.60 Å². The van der Waals surface area contributed by atoms with Gasteiger partial charge in [-0.2, -0.15) is 0 Å². The highest BCUT2D eigenvalue weighted by atomic mass is 16.3. The normalized spacial score (nSPS) is 43.5. The van der Waals surface area contributed by atoms with Gasteiger partial charge in [-0.15, -0.1) is 0 Å². The highest BCUT2D eigenvalue weighted by molar-refractivity contribution is 5.04. The summed E-state index contributed by atoms with van der Waals surface area (Å²) in [6.45, 7) is 4.69. The average Bonchev–Trinajstić information content (AvgIpc) is 2.65. The summed E-state index contributed by atoms with van der Waals surface area (Å²) in [6, 6.07) is 0. The minimum absolute atomic E-state index is 0.165. The molecule has 2 N–H and O–H groups in total. The van der Waals surface area contributed by atoms with Crippen molar-refractivity contribution >= 4 is 0 Å². The van der Waals surface area contributed by atoms with E-state index in [1.54, 1.807) is 0 Å². The molecular formula is C14H26O2. The first-order chi connectivity index (χ1) is 7.51. The van der Waals surface area contributed by atoms with Crippen LogP contribution < -0.4 is 0 Å². The molecule has 2 unspecified atom stereocenters. The van der Waals surface area contributed by atoms with Gasteiger partial charge in [0.2, 0.25) is 0 Å². The quantitative estimate of drug-likeness (QED) is 0.760. The van der Waals surface area contributed by atoms with Crippen LogP contribution in [0.5, 0.6) is 0 Å². The lowest BCUT2D eigenvalue weighted by Gasteiger charge is -2.50. The number of aliphatic hydroxyl groups is 2. The molecule has 0 radical (unpaired) electrons. The van der Waals surface area contributed by atoms with E-state index in [2.05, 4.69) is 13.8 Å². The summed E-state index contributed by atoms with van der Waals surface area (Å²) in [6.07, 6.45) is 7.30. The molecule has 0 heterocycles. The second-order valence-electron chi connectivity index (χ2n) is 6.53. The van der Waals surface area contributed by atoms with E-state index in [4.69, 9.17) is 0 Å². The van der Waals surface area contributed by atoms with E-state index in [1.165, 1.54) is 6.42 Å². The van der Waals surface area contributed by atoms with Crippen molar-refractivity contribution in [2.24, 2.45) is 17.3 Å². The maximum absolute atomic E-state index is 10.8. The molecular weight excluding hydrogens is 200 g/mol. The van der Waals surface area contributed by atoms with E-state index in [0.29, 0.717) is 11.8 Å². The summed E-state index contributed by atoms with van der Waals surface area (Å²) >= 11 is 0. The first kappa shape index (κ1) is 12.4. The molecule has 0 saturated heterocycles. The molecule has 2 rings (SSSR count). The van der Waals surface area contributed by atoms with E-state index in [0.717, 1.165) is 38.5 Å². The fourth-order valence-electron chi connectivity index (χ4n) is 4.42. The Bertz CT molecular complexity index is 233. The predicted octanol–water partition coefficient (Wildman–Crippen LogP) is 2.73. The molecule has 16 heavy (non-hydrogen) atoms. The summed E-state index contributed by atoms with van der Waals surface area (Å²) < 4.78 is 0. The molecule has 2 aliphatic rings. The smallest absolute Gasteiger partial charge is 0.0725 e. The molecule has 0 aromatic rings. The number of aliphatic hydroxyl groups excluding tert-OH is 1. The van der Waals surface area contributed by atoms with E-state index >= 15 is 0 Å². The van der Waals surface area contributed by atoms with E-state index in [9.17, 15) is 10.2 Å².